The molecule has 1 heterocycles. The Morgan fingerprint density at radius 2 is 1.94 bits per heavy atom. The number of nitrogens with one attached hydrogen (secondary N) is 1. The molecule has 1 amide bonds. The van der Waals surface area contributed by atoms with E-state index in [9.17, 15) is 4.79 Å². The molecule has 0 aromatic carbocycles. The molecule has 1 saturated heterocycles. The maximum atomic E-state index is 11.5. The van der Waals surface area contributed by atoms with Crippen LogP contribution in [-0.4, -0.2) is 36.0 Å². The molecule has 0 radical (unpaired) electrons. The zero-order chi connectivity index (χ0) is 12.3. The van der Waals surface area contributed by atoms with Crippen molar-refractivity contribution in [3.8, 4) is 0 Å². The van der Waals surface area contributed by atoms with Gasteiger partial charge in [0.1, 0.15) is 0 Å². The average molecular weight is 238 g/mol. The van der Waals surface area contributed by atoms with Gasteiger partial charge in [0.05, 0.1) is 0 Å². The Morgan fingerprint density at radius 3 is 2.53 bits per heavy atom. The molecule has 2 unspecified atom stereocenters. The number of likely N-dealkylation sites (tertiary alicyclic amines) is 1. The van der Waals surface area contributed by atoms with Crippen LogP contribution in [0.5, 0.6) is 0 Å². The van der Waals surface area contributed by atoms with Crippen LogP contribution in [0.25, 0.3) is 0 Å². The van der Waals surface area contributed by atoms with Gasteiger partial charge in [-0.1, -0.05) is 26.2 Å². The second-order valence-electron chi connectivity index (χ2n) is 5.78. The van der Waals surface area contributed by atoms with Gasteiger partial charge in [-0.15, -0.1) is 0 Å². The van der Waals surface area contributed by atoms with Gasteiger partial charge in [-0.3, -0.25) is 4.79 Å². The molecule has 0 spiro atoms. The Kier molecular flexibility index (Phi) is 4.43. The summed E-state index contributed by atoms with van der Waals surface area (Å²) < 4.78 is 0. The van der Waals surface area contributed by atoms with E-state index >= 15 is 0 Å². The lowest BCUT2D eigenvalue weighted by Crippen LogP contribution is -2.52. The molecule has 3 heteroatoms. The highest BCUT2D eigenvalue weighted by Gasteiger charge is 2.29. The summed E-state index contributed by atoms with van der Waals surface area (Å²) in [5.74, 6) is 0.924. The van der Waals surface area contributed by atoms with E-state index in [1.807, 2.05) is 4.90 Å². The Bertz CT molecular complexity index is 261. The van der Waals surface area contributed by atoms with Gasteiger partial charge in [0.25, 0.3) is 0 Å². The molecule has 1 saturated carbocycles. The standard InChI is InChI=1S/C14H26N2O/c1-3-12-8-14(10-16(9-12)11(2)17)15-13-6-4-5-7-13/h12-15H,3-10H2,1-2H3. The van der Waals surface area contributed by atoms with Crippen LogP contribution < -0.4 is 5.32 Å². The monoisotopic (exact) mass is 238 g/mol. The molecule has 98 valence electrons. The highest BCUT2D eigenvalue weighted by molar-refractivity contribution is 5.73. The number of rotatable bonds is 3. The van der Waals surface area contributed by atoms with Gasteiger partial charge in [0.15, 0.2) is 0 Å². The van der Waals surface area contributed by atoms with Crippen molar-refractivity contribution < 1.29 is 4.79 Å². The Morgan fingerprint density at radius 1 is 1.24 bits per heavy atom. The largest absolute Gasteiger partial charge is 0.341 e. The van der Waals surface area contributed by atoms with Gasteiger partial charge in [-0.25, -0.2) is 0 Å². The van der Waals surface area contributed by atoms with Crippen LogP contribution in [0.2, 0.25) is 0 Å². The van der Waals surface area contributed by atoms with E-state index in [1.54, 1.807) is 6.92 Å². The van der Waals surface area contributed by atoms with Crippen LogP contribution in [0, 0.1) is 5.92 Å². The number of carbonyl (C=O) groups excluding carboxylic acids is 1. The lowest BCUT2D eigenvalue weighted by molar-refractivity contribution is -0.131. The third kappa shape index (κ3) is 3.44. The fourth-order valence-corrected chi connectivity index (χ4v) is 3.30. The van der Waals surface area contributed by atoms with E-state index < -0.39 is 0 Å². The van der Waals surface area contributed by atoms with Crippen molar-refractivity contribution in [1.82, 2.24) is 10.2 Å². The number of piperidine rings is 1. The molecule has 1 aliphatic carbocycles. The third-order valence-corrected chi connectivity index (χ3v) is 4.39. The minimum Gasteiger partial charge on any atom is -0.341 e. The van der Waals surface area contributed by atoms with Crippen molar-refractivity contribution in [1.29, 1.82) is 0 Å². The van der Waals surface area contributed by atoms with E-state index in [0.717, 1.165) is 13.1 Å². The van der Waals surface area contributed by atoms with Crippen LogP contribution in [0.15, 0.2) is 0 Å². The van der Waals surface area contributed by atoms with Crippen molar-refractivity contribution in [3.63, 3.8) is 0 Å². The van der Waals surface area contributed by atoms with E-state index in [-0.39, 0.29) is 5.91 Å². The normalized spacial score (nSPS) is 30.8. The molecular weight excluding hydrogens is 212 g/mol. The predicted molar refractivity (Wildman–Crippen MR) is 69.8 cm³/mol. The van der Waals surface area contributed by atoms with Gasteiger partial charge in [-0.2, -0.15) is 0 Å². The van der Waals surface area contributed by atoms with Gasteiger partial charge >= 0.3 is 0 Å². The summed E-state index contributed by atoms with van der Waals surface area (Å²) in [6.07, 6.45) is 7.83. The van der Waals surface area contributed by atoms with Crippen molar-refractivity contribution in [2.45, 2.75) is 64.5 Å². The Balaban J connectivity index is 1.88. The molecule has 1 N–H and O–H groups in total. The van der Waals surface area contributed by atoms with Crippen molar-refractivity contribution in [2.24, 2.45) is 5.92 Å². The molecule has 2 atom stereocenters. The number of nitrogens with zero attached hydrogens (tertiary/aromatic N) is 1. The maximum absolute atomic E-state index is 11.5. The lowest BCUT2D eigenvalue weighted by atomic mass is 9.91. The predicted octanol–water partition coefficient (Wildman–Crippen LogP) is 2.17. The minimum absolute atomic E-state index is 0.237. The quantitative estimate of drug-likeness (QED) is 0.817. The van der Waals surface area contributed by atoms with Gasteiger partial charge < -0.3 is 10.2 Å². The molecule has 3 nitrogen and oxygen atoms in total. The first kappa shape index (κ1) is 12.9. The van der Waals surface area contributed by atoms with Crippen LogP contribution in [0.3, 0.4) is 0 Å². The summed E-state index contributed by atoms with van der Waals surface area (Å²) in [6.45, 7) is 5.82. The topological polar surface area (TPSA) is 32.3 Å². The molecule has 0 aromatic heterocycles. The second kappa shape index (κ2) is 5.85. The molecule has 0 bridgehead atoms. The molecule has 17 heavy (non-hydrogen) atoms. The molecular formula is C14H26N2O. The average Bonchev–Trinajstić information content (AvgIpc) is 2.81. The smallest absolute Gasteiger partial charge is 0.219 e. The van der Waals surface area contributed by atoms with Crippen LogP contribution >= 0.6 is 0 Å². The van der Waals surface area contributed by atoms with Crippen LogP contribution in [0.4, 0.5) is 0 Å². The molecule has 0 aromatic rings. The summed E-state index contributed by atoms with van der Waals surface area (Å²) in [7, 11) is 0. The van der Waals surface area contributed by atoms with E-state index in [4.69, 9.17) is 0 Å². The number of amides is 1. The van der Waals surface area contributed by atoms with E-state index in [2.05, 4.69) is 12.2 Å². The zero-order valence-corrected chi connectivity index (χ0v) is 11.2. The first-order chi connectivity index (χ1) is 8.19. The third-order valence-electron chi connectivity index (χ3n) is 4.39. The van der Waals surface area contributed by atoms with Gasteiger partial charge in [0, 0.05) is 32.1 Å². The summed E-state index contributed by atoms with van der Waals surface area (Å²) in [6, 6.07) is 1.24. The van der Waals surface area contributed by atoms with Crippen molar-refractivity contribution in [2.75, 3.05) is 13.1 Å². The zero-order valence-electron chi connectivity index (χ0n) is 11.2. The van der Waals surface area contributed by atoms with Gasteiger partial charge in [0.2, 0.25) is 5.91 Å². The summed E-state index contributed by atoms with van der Waals surface area (Å²) in [5.41, 5.74) is 0. The molecule has 1 aliphatic heterocycles. The number of hydrogen-bond donors (Lipinski definition) is 1. The maximum Gasteiger partial charge on any atom is 0.219 e. The summed E-state index contributed by atoms with van der Waals surface area (Å²) in [5, 5.41) is 3.77. The van der Waals surface area contributed by atoms with Crippen LogP contribution in [-0.2, 0) is 4.79 Å². The molecule has 2 rings (SSSR count). The molecule has 2 aliphatic rings. The van der Waals surface area contributed by atoms with Crippen molar-refractivity contribution >= 4 is 5.91 Å². The fourth-order valence-electron chi connectivity index (χ4n) is 3.30. The second-order valence-corrected chi connectivity index (χ2v) is 5.78. The number of hydrogen-bond acceptors (Lipinski definition) is 2. The highest BCUT2D eigenvalue weighted by atomic mass is 16.2. The highest BCUT2D eigenvalue weighted by Crippen LogP contribution is 2.23. The van der Waals surface area contributed by atoms with Gasteiger partial charge in [-0.05, 0) is 25.2 Å². The first-order valence-electron chi connectivity index (χ1n) is 7.20. The minimum atomic E-state index is 0.237. The summed E-state index contributed by atoms with van der Waals surface area (Å²) in [4.78, 5) is 13.6. The Hall–Kier alpha value is -0.570. The molecule has 2 fully saturated rings. The summed E-state index contributed by atoms with van der Waals surface area (Å²) >= 11 is 0. The van der Waals surface area contributed by atoms with E-state index in [1.165, 1.54) is 38.5 Å². The first-order valence-corrected chi connectivity index (χ1v) is 7.20. The fraction of sp³-hybridized carbons (Fsp3) is 0.929. The van der Waals surface area contributed by atoms with E-state index in [0.29, 0.717) is 18.0 Å². The SMILES string of the molecule is CCC1CC(NC2CCCC2)CN(C(C)=O)C1. The van der Waals surface area contributed by atoms with Crippen LogP contribution in [0.1, 0.15) is 52.4 Å². The van der Waals surface area contributed by atoms with Crippen molar-refractivity contribution in [3.05, 3.63) is 0 Å². The number of carbonyl (C=O) groups is 1. The lowest BCUT2D eigenvalue weighted by Gasteiger charge is -2.38. The Labute approximate surface area is 105 Å².